The van der Waals surface area contributed by atoms with Crippen LogP contribution in [0.4, 0.5) is 5.69 Å². The van der Waals surface area contributed by atoms with Gasteiger partial charge in [-0.25, -0.2) is 4.68 Å². The zero-order valence-corrected chi connectivity index (χ0v) is 16.5. The molecule has 0 bridgehead atoms. The van der Waals surface area contributed by atoms with Crippen molar-refractivity contribution < 1.29 is 9.53 Å². The molecule has 1 amide bonds. The lowest BCUT2D eigenvalue weighted by Crippen LogP contribution is -2.16. The number of anilines is 1. The molecule has 10 heteroatoms. The molecule has 0 aliphatic heterocycles. The largest absolute Gasteiger partial charge is 0.495 e. The number of nitrogen functional groups attached to an aromatic ring is 1. The van der Waals surface area contributed by atoms with Crippen molar-refractivity contribution in [3.63, 3.8) is 0 Å². The number of nitrogens with one attached hydrogen (secondary N) is 1. The van der Waals surface area contributed by atoms with Gasteiger partial charge in [0.05, 0.1) is 18.6 Å². The number of carbonyl (C=O) groups excluding carboxylic acids is 1. The molecule has 0 fully saturated rings. The van der Waals surface area contributed by atoms with E-state index in [2.05, 4.69) is 15.5 Å². The Morgan fingerprint density at radius 2 is 1.89 bits per heavy atom. The molecular formula is C17H15Cl2N5O2S. The maximum atomic E-state index is 12.2. The Morgan fingerprint density at radius 3 is 2.59 bits per heavy atom. The molecule has 3 rings (SSSR count). The molecule has 3 N–H and O–H groups in total. The van der Waals surface area contributed by atoms with Gasteiger partial charge >= 0.3 is 0 Å². The summed E-state index contributed by atoms with van der Waals surface area (Å²) in [5.74, 6) is 6.88. The summed E-state index contributed by atoms with van der Waals surface area (Å²) in [5, 5.41) is 12.4. The molecule has 27 heavy (non-hydrogen) atoms. The van der Waals surface area contributed by atoms with Gasteiger partial charge < -0.3 is 15.9 Å². The van der Waals surface area contributed by atoms with E-state index in [0.717, 1.165) is 17.3 Å². The first kappa shape index (κ1) is 19.3. The van der Waals surface area contributed by atoms with Crippen LogP contribution in [0.25, 0.3) is 11.4 Å². The van der Waals surface area contributed by atoms with Gasteiger partial charge in [-0.15, -0.1) is 10.2 Å². The van der Waals surface area contributed by atoms with Crippen molar-refractivity contribution in [2.75, 3.05) is 24.0 Å². The van der Waals surface area contributed by atoms with Gasteiger partial charge in [0.2, 0.25) is 11.1 Å². The first-order valence-electron chi connectivity index (χ1n) is 7.70. The molecule has 1 heterocycles. The Labute approximate surface area is 169 Å². The second-order valence-corrected chi connectivity index (χ2v) is 7.18. The number of rotatable bonds is 6. The predicted molar refractivity (Wildman–Crippen MR) is 108 cm³/mol. The van der Waals surface area contributed by atoms with Gasteiger partial charge in [-0.1, -0.05) is 35.0 Å². The third-order valence-electron chi connectivity index (χ3n) is 3.53. The number of ether oxygens (including phenoxy) is 1. The molecule has 1 aromatic heterocycles. The van der Waals surface area contributed by atoms with Crippen LogP contribution in [0.15, 0.2) is 47.6 Å². The molecule has 140 valence electrons. The SMILES string of the molecule is COc1ccc(Cl)cc1NC(=O)CSc1nnc(-c2ccc(Cl)cc2)n1N. The van der Waals surface area contributed by atoms with Crippen LogP contribution in [0.3, 0.4) is 0 Å². The van der Waals surface area contributed by atoms with E-state index in [-0.39, 0.29) is 11.7 Å². The molecule has 0 saturated carbocycles. The molecule has 0 aliphatic carbocycles. The third-order valence-corrected chi connectivity index (χ3v) is 4.97. The van der Waals surface area contributed by atoms with Gasteiger partial charge in [-0.2, -0.15) is 0 Å². The summed E-state index contributed by atoms with van der Waals surface area (Å²) in [6.07, 6.45) is 0. The van der Waals surface area contributed by atoms with Crippen molar-refractivity contribution in [2.24, 2.45) is 0 Å². The second-order valence-electron chi connectivity index (χ2n) is 5.36. The van der Waals surface area contributed by atoms with Crippen molar-refractivity contribution in [1.82, 2.24) is 14.9 Å². The molecule has 0 spiro atoms. The van der Waals surface area contributed by atoms with Gasteiger partial charge in [-0.05, 0) is 42.5 Å². The van der Waals surface area contributed by atoms with E-state index in [1.54, 1.807) is 42.5 Å². The Balaban J connectivity index is 1.66. The Bertz CT molecular complexity index is 962. The number of thioether (sulfide) groups is 1. The Hall–Kier alpha value is -2.42. The van der Waals surface area contributed by atoms with Crippen LogP contribution in [-0.4, -0.2) is 33.6 Å². The third kappa shape index (κ3) is 4.65. The van der Waals surface area contributed by atoms with Gasteiger partial charge in [-0.3, -0.25) is 4.79 Å². The first-order valence-corrected chi connectivity index (χ1v) is 9.44. The molecule has 0 aliphatic rings. The summed E-state index contributed by atoms with van der Waals surface area (Å²) in [6.45, 7) is 0. The van der Waals surface area contributed by atoms with E-state index in [1.807, 2.05) is 0 Å². The molecule has 0 radical (unpaired) electrons. The summed E-state index contributed by atoms with van der Waals surface area (Å²) in [4.78, 5) is 12.2. The van der Waals surface area contributed by atoms with Crippen LogP contribution in [0, 0.1) is 0 Å². The minimum Gasteiger partial charge on any atom is -0.495 e. The Kier molecular flexibility index (Phi) is 6.10. The summed E-state index contributed by atoms with van der Waals surface area (Å²) in [7, 11) is 1.52. The number of methoxy groups -OCH3 is 1. The van der Waals surface area contributed by atoms with E-state index in [0.29, 0.717) is 32.5 Å². The van der Waals surface area contributed by atoms with E-state index < -0.39 is 0 Å². The van der Waals surface area contributed by atoms with Crippen LogP contribution < -0.4 is 15.9 Å². The molecule has 0 saturated heterocycles. The lowest BCUT2D eigenvalue weighted by molar-refractivity contribution is -0.113. The molecule has 0 unspecified atom stereocenters. The van der Waals surface area contributed by atoms with Crippen molar-refractivity contribution in [2.45, 2.75) is 5.16 Å². The standard InChI is InChI=1S/C17H15Cl2N5O2S/c1-26-14-7-6-12(19)8-13(14)21-15(25)9-27-17-23-22-16(24(17)20)10-2-4-11(18)5-3-10/h2-8H,9,20H2,1H3,(H,21,25). The minimum atomic E-state index is -0.253. The highest BCUT2D eigenvalue weighted by molar-refractivity contribution is 7.99. The molecule has 7 nitrogen and oxygen atoms in total. The van der Waals surface area contributed by atoms with Crippen LogP contribution in [0.5, 0.6) is 5.75 Å². The fourth-order valence-electron chi connectivity index (χ4n) is 2.27. The molecular weight excluding hydrogens is 409 g/mol. The highest BCUT2D eigenvalue weighted by atomic mass is 35.5. The van der Waals surface area contributed by atoms with Crippen LogP contribution in [-0.2, 0) is 4.79 Å². The molecule has 3 aromatic rings. The van der Waals surface area contributed by atoms with E-state index in [1.165, 1.54) is 11.8 Å². The number of hydrogen-bond donors (Lipinski definition) is 2. The number of nitrogens with zero attached hydrogens (tertiary/aromatic N) is 3. The number of benzene rings is 2. The topological polar surface area (TPSA) is 95.1 Å². The number of hydrogen-bond acceptors (Lipinski definition) is 6. The summed E-state index contributed by atoms with van der Waals surface area (Å²) in [5.41, 5.74) is 1.26. The number of aromatic nitrogens is 3. The smallest absolute Gasteiger partial charge is 0.234 e. The average molecular weight is 424 g/mol. The summed E-state index contributed by atoms with van der Waals surface area (Å²) in [6, 6.07) is 12.0. The van der Waals surface area contributed by atoms with Crippen LogP contribution in [0.1, 0.15) is 0 Å². The minimum absolute atomic E-state index is 0.0889. The van der Waals surface area contributed by atoms with Gasteiger partial charge in [0.25, 0.3) is 0 Å². The molecule has 2 aromatic carbocycles. The van der Waals surface area contributed by atoms with E-state index in [9.17, 15) is 4.79 Å². The van der Waals surface area contributed by atoms with Gasteiger partial charge in [0, 0.05) is 15.6 Å². The number of carbonyl (C=O) groups is 1. The lowest BCUT2D eigenvalue weighted by atomic mass is 10.2. The van der Waals surface area contributed by atoms with Crippen LogP contribution >= 0.6 is 35.0 Å². The van der Waals surface area contributed by atoms with Crippen molar-refractivity contribution in [3.05, 3.63) is 52.5 Å². The normalized spacial score (nSPS) is 10.6. The van der Waals surface area contributed by atoms with Crippen molar-refractivity contribution in [1.29, 1.82) is 0 Å². The average Bonchev–Trinajstić information content (AvgIpc) is 3.01. The zero-order chi connectivity index (χ0) is 19.4. The number of amides is 1. The van der Waals surface area contributed by atoms with Gasteiger partial charge in [0.15, 0.2) is 5.82 Å². The van der Waals surface area contributed by atoms with Gasteiger partial charge in [0.1, 0.15) is 5.75 Å². The highest BCUT2D eigenvalue weighted by Gasteiger charge is 2.15. The first-order chi connectivity index (χ1) is 13.0. The van der Waals surface area contributed by atoms with Crippen molar-refractivity contribution >= 4 is 46.6 Å². The predicted octanol–water partition coefficient (Wildman–Crippen LogP) is 3.71. The maximum Gasteiger partial charge on any atom is 0.234 e. The maximum absolute atomic E-state index is 12.2. The fraction of sp³-hybridized carbons (Fsp3) is 0.118. The van der Waals surface area contributed by atoms with Crippen LogP contribution in [0.2, 0.25) is 10.0 Å². The van der Waals surface area contributed by atoms with Crippen molar-refractivity contribution in [3.8, 4) is 17.1 Å². The molecule has 0 atom stereocenters. The Morgan fingerprint density at radius 1 is 1.19 bits per heavy atom. The summed E-state index contributed by atoms with van der Waals surface area (Å²) < 4.78 is 6.54. The summed E-state index contributed by atoms with van der Waals surface area (Å²) >= 11 is 13.0. The number of halogens is 2. The number of nitrogens with two attached hydrogens (primary N) is 1. The van der Waals surface area contributed by atoms with E-state index >= 15 is 0 Å². The monoisotopic (exact) mass is 423 g/mol. The second kappa shape index (κ2) is 8.51. The highest BCUT2D eigenvalue weighted by Crippen LogP contribution is 2.28. The lowest BCUT2D eigenvalue weighted by Gasteiger charge is -2.10. The van der Waals surface area contributed by atoms with E-state index in [4.69, 9.17) is 33.8 Å². The quantitative estimate of drug-likeness (QED) is 0.463. The zero-order valence-electron chi connectivity index (χ0n) is 14.1. The fourth-order valence-corrected chi connectivity index (χ4v) is 3.22.